The van der Waals surface area contributed by atoms with Crippen molar-refractivity contribution in [3.8, 4) is 11.5 Å². The van der Waals surface area contributed by atoms with Crippen molar-refractivity contribution in [2.75, 3.05) is 7.11 Å². The number of phenolic OH excluding ortho intramolecular Hbond substituents is 1. The highest BCUT2D eigenvalue weighted by Crippen LogP contribution is 2.26. The summed E-state index contributed by atoms with van der Waals surface area (Å²) >= 11 is 0. The predicted molar refractivity (Wildman–Crippen MR) is 67.9 cm³/mol. The summed E-state index contributed by atoms with van der Waals surface area (Å²) < 4.78 is 4.95. The minimum atomic E-state index is -0.274. The molecular formula is C13H13N3O3. The number of phenols is 1. The number of ether oxygens (including phenoxy) is 1. The summed E-state index contributed by atoms with van der Waals surface area (Å²) in [7, 11) is 1.43. The molecule has 6 nitrogen and oxygen atoms in total. The number of nitrogens with one attached hydrogen (secondary N) is 1. The molecule has 0 saturated carbocycles. The largest absolute Gasteiger partial charge is 0.504 e. The monoisotopic (exact) mass is 259 g/mol. The SMILES string of the molecule is COc1cc(C(=O)NCc2cnccn2)ccc1O. The molecule has 0 radical (unpaired) electrons. The standard InChI is InChI=1S/C13H13N3O3/c1-19-12-6-9(2-3-11(12)17)13(18)16-8-10-7-14-4-5-15-10/h2-7,17H,8H2,1H3,(H,16,18). The minimum Gasteiger partial charge on any atom is -0.504 e. The third-order valence-electron chi connectivity index (χ3n) is 2.49. The molecule has 2 N–H and O–H groups in total. The van der Waals surface area contributed by atoms with E-state index in [0.29, 0.717) is 11.3 Å². The Kier molecular flexibility index (Phi) is 3.92. The Labute approximate surface area is 110 Å². The van der Waals surface area contributed by atoms with Crippen molar-refractivity contribution >= 4 is 5.91 Å². The number of hydrogen-bond donors (Lipinski definition) is 2. The van der Waals surface area contributed by atoms with Gasteiger partial charge in [0, 0.05) is 18.0 Å². The smallest absolute Gasteiger partial charge is 0.251 e. The molecule has 0 aliphatic rings. The third-order valence-corrected chi connectivity index (χ3v) is 2.49. The van der Waals surface area contributed by atoms with Crippen molar-refractivity contribution < 1.29 is 14.6 Å². The maximum absolute atomic E-state index is 11.9. The molecule has 2 rings (SSSR count). The van der Waals surface area contributed by atoms with Gasteiger partial charge >= 0.3 is 0 Å². The third kappa shape index (κ3) is 3.19. The van der Waals surface area contributed by atoms with E-state index in [4.69, 9.17) is 4.74 Å². The number of amides is 1. The van der Waals surface area contributed by atoms with Gasteiger partial charge in [-0.05, 0) is 18.2 Å². The zero-order valence-corrected chi connectivity index (χ0v) is 10.3. The summed E-state index contributed by atoms with van der Waals surface area (Å²) in [6.07, 6.45) is 4.71. The topological polar surface area (TPSA) is 84.3 Å². The second-order valence-corrected chi connectivity index (χ2v) is 3.77. The molecule has 0 saturated heterocycles. The number of nitrogens with zero attached hydrogens (tertiary/aromatic N) is 2. The molecule has 2 aromatic rings. The van der Waals surface area contributed by atoms with Crippen LogP contribution in [-0.2, 0) is 6.54 Å². The number of aromatic nitrogens is 2. The highest BCUT2D eigenvalue weighted by molar-refractivity contribution is 5.94. The van der Waals surface area contributed by atoms with E-state index >= 15 is 0 Å². The molecule has 1 aromatic heterocycles. The maximum atomic E-state index is 11.9. The lowest BCUT2D eigenvalue weighted by molar-refractivity contribution is 0.0950. The van der Waals surface area contributed by atoms with Gasteiger partial charge in [-0.3, -0.25) is 14.8 Å². The molecule has 0 aliphatic heterocycles. The molecule has 0 atom stereocenters. The molecule has 0 bridgehead atoms. The molecule has 1 aromatic carbocycles. The van der Waals surface area contributed by atoms with Crippen molar-refractivity contribution in [2.45, 2.75) is 6.54 Å². The van der Waals surface area contributed by atoms with Crippen LogP contribution in [0.5, 0.6) is 11.5 Å². The van der Waals surface area contributed by atoms with E-state index in [1.807, 2.05) is 0 Å². The van der Waals surface area contributed by atoms with Crippen LogP contribution < -0.4 is 10.1 Å². The van der Waals surface area contributed by atoms with Gasteiger partial charge in [-0.2, -0.15) is 0 Å². The van der Waals surface area contributed by atoms with Gasteiger partial charge in [0.15, 0.2) is 11.5 Å². The van der Waals surface area contributed by atoms with Gasteiger partial charge in [0.25, 0.3) is 5.91 Å². The Bertz CT molecular complexity index is 573. The highest BCUT2D eigenvalue weighted by Gasteiger charge is 2.09. The van der Waals surface area contributed by atoms with Crippen LogP contribution in [0.1, 0.15) is 16.1 Å². The number of benzene rings is 1. The fraction of sp³-hybridized carbons (Fsp3) is 0.154. The van der Waals surface area contributed by atoms with Crippen molar-refractivity contribution in [1.82, 2.24) is 15.3 Å². The van der Waals surface area contributed by atoms with Crippen LogP contribution in [0, 0.1) is 0 Å². The summed E-state index contributed by atoms with van der Waals surface area (Å²) in [5, 5.41) is 12.2. The lowest BCUT2D eigenvalue weighted by atomic mass is 10.2. The quantitative estimate of drug-likeness (QED) is 0.859. The maximum Gasteiger partial charge on any atom is 0.251 e. The molecule has 98 valence electrons. The summed E-state index contributed by atoms with van der Waals surface area (Å²) in [5.74, 6) is -0.0240. The van der Waals surface area contributed by atoms with Crippen LogP contribution in [-0.4, -0.2) is 28.1 Å². The average molecular weight is 259 g/mol. The fourth-order valence-corrected chi connectivity index (χ4v) is 1.51. The van der Waals surface area contributed by atoms with Gasteiger partial charge in [-0.25, -0.2) is 0 Å². The Morgan fingerprint density at radius 2 is 2.26 bits per heavy atom. The van der Waals surface area contributed by atoms with E-state index in [1.165, 1.54) is 25.3 Å². The second-order valence-electron chi connectivity index (χ2n) is 3.77. The normalized spacial score (nSPS) is 9.95. The van der Waals surface area contributed by atoms with E-state index < -0.39 is 0 Å². The molecule has 1 amide bonds. The fourth-order valence-electron chi connectivity index (χ4n) is 1.51. The number of aromatic hydroxyl groups is 1. The van der Waals surface area contributed by atoms with Gasteiger partial charge in [0.1, 0.15) is 0 Å². The summed E-state index contributed by atoms with van der Waals surface area (Å²) in [5.41, 5.74) is 1.07. The van der Waals surface area contributed by atoms with Gasteiger partial charge in [0.05, 0.1) is 25.5 Å². The first-order valence-corrected chi connectivity index (χ1v) is 5.61. The van der Waals surface area contributed by atoms with E-state index in [0.717, 1.165) is 0 Å². The molecule has 0 spiro atoms. The lowest BCUT2D eigenvalue weighted by Crippen LogP contribution is -2.23. The van der Waals surface area contributed by atoms with Crippen LogP contribution >= 0.6 is 0 Å². The number of carbonyl (C=O) groups is 1. The Balaban J connectivity index is 2.04. The lowest BCUT2D eigenvalue weighted by Gasteiger charge is -2.07. The van der Waals surface area contributed by atoms with Gasteiger partial charge < -0.3 is 15.2 Å². The van der Waals surface area contributed by atoms with Crippen molar-refractivity contribution in [1.29, 1.82) is 0 Å². The number of methoxy groups -OCH3 is 1. The second kappa shape index (κ2) is 5.81. The molecule has 6 heteroatoms. The van der Waals surface area contributed by atoms with Crippen molar-refractivity contribution in [2.24, 2.45) is 0 Å². The van der Waals surface area contributed by atoms with Gasteiger partial charge in [0.2, 0.25) is 0 Å². The van der Waals surface area contributed by atoms with E-state index in [1.54, 1.807) is 18.6 Å². The Morgan fingerprint density at radius 1 is 1.42 bits per heavy atom. The zero-order valence-electron chi connectivity index (χ0n) is 10.3. The van der Waals surface area contributed by atoms with Gasteiger partial charge in [-0.15, -0.1) is 0 Å². The first-order chi connectivity index (χ1) is 9.20. The molecule has 0 unspecified atom stereocenters. The first-order valence-electron chi connectivity index (χ1n) is 5.61. The van der Waals surface area contributed by atoms with Gasteiger partial charge in [-0.1, -0.05) is 0 Å². The summed E-state index contributed by atoms with van der Waals surface area (Å²) in [6.45, 7) is 0.288. The average Bonchev–Trinajstić information content (AvgIpc) is 2.46. The minimum absolute atomic E-state index is 0.00650. The molecule has 0 aliphatic carbocycles. The molecular weight excluding hydrogens is 246 g/mol. The van der Waals surface area contributed by atoms with Crippen LogP contribution in [0.2, 0.25) is 0 Å². The molecule has 0 fully saturated rings. The number of carbonyl (C=O) groups excluding carboxylic acids is 1. The summed E-state index contributed by atoms with van der Waals surface area (Å²) in [4.78, 5) is 19.9. The van der Waals surface area contributed by atoms with Crippen LogP contribution in [0.25, 0.3) is 0 Å². The van der Waals surface area contributed by atoms with Crippen LogP contribution in [0.3, 0.4) is 0 Å². The van der Waals surface area contributed by atoms with Crippen molar-refractivity contribution in [3.63, 3.8) is 0 Å². The van der Waals surface area contributed by atoms with Crippen LogP contribution in [0.15, 0.2) is 36.8 Å². The zero-order chi connectivity index (χ0) is 13.7. The van der Waals surface area contributed by atoms with E-state index in [2.05, 4.69) is 15.3 Å². The number of hydrogen-bond acceptors (Lipinski definition) is 5. The number of rotatable bonds is 4. The van der Waals surface area contributed by atoms with Crippen molar-refractivity contribution in [3.05, 3.63) is 48.0 Å². The van der Waals surface area contributed by atoms with Crippen LogP contribution in [0.4, 0.5) is 0 Å². The molecule has 19 heavy (non-hydrogen) atoms. The summed E-state index contributed by atoms with van der Waals surface area (Å²) in [6, 6.07) is 4.40. The van der Waals surface area contributed by atoms with E-state index in [-0.39, 0.29) is 24.0 Å². The Morgan fingerprint density at radius 3 is 2.95 bits per heavy atom. The Hall–Kier alpha value is -2.63. The molecule has 1 heterocycles. The predicted octanol–water partition coefficient (Wildman–Crippen LogP) is 1.12. The highest BCUT2D eigenvalue weighted by atomic mass is 16.5. The van der Waals surface area contributed by atoms with E-state index in [9.17, 15) is 9.90 Å². The first kappa shape index (κ1) is 12.8.